The Balaban J connectivity index is 2.35. The van der Waals surface area contributed by atoms with E-state index in [0.717, 1.165) is 12.1 Å². The topological polar surface area (TPSA) is 65.5 Å². The summed E-state index contributed by atoms with van der Waals surface area (Å²) in [7, 11) is 1.48. The van der Waals surface area contributed by atoms with E-state index in [0.29, 0.717) is 5.76 Å². The summed E-state index contributed by atoms with van der Waals surface area (Å²) in [4.78, 5) is 12.0. The van der Waals surface area contributed by atoms with Crippen molar-refractivity contribution in [3.05, 3.63) is 53.0 Å². The summed E-state index contributed by atoms with van der Waals surface area (Å²) in [6.07, 6.45) is 0. The van der Waals surface area contributed by atoms with Gasteiger partial charge in [0.2, 0.25) is 5.78 Å². The summed E-state index contributed by atoms with van der Waals surface area (Å²) in [5.74, 6) is -2.41. The van der Waals surface area contributed by atoms with E-state index in [9.17, 15) is 13.6 Å². The van der Waals surface area contributed by atoms with E-state index in [2.05, 4.69) is 0 Å². The number of halogens is 2. The number of methoxy groups -OCH3 is 1. The first-order valence-corrected chi connectivity index (χ1v) is 5.39. The molecule has 0 aliphatic rings. The number of hydrogen-bond acceptors (Lipinski definition) is 4. The summed E-state index contributed by atoms with van der Waals surface area (Å²) >= 11 is 0. The number of ketones is 1. The van der Waals surface area contributed by atoms with Crippen molar-refractivity contribution in [2.24, 2.45) is 0 Å². The van der Waals surface area contributed by atoms with Crippen LogP contribution in [0.5, 0.6) is 0 Å². The average molecular weight is 267 g/mol. The Kier molecular flexibility index (Phi) is 3.62. The third-order valence-corrected chi connectivity index (χ3v) is 2.51. The summed E-state index contributed by atoms with van der Waals surface area (Å²) in [5.41, 5.74) is 5.21. The van der Waals surface area contributed by atoms with E-state index in [1.165, 1.54) is 13.2 Å². The Morgan fingerprint density at radius 3 is 2.68 bits per heavy atom. The minimum atomic E-state index is -1.14. The van der Waals surface area contributed by atoms with Crippen LogP contribution >= 0.6 is 0 Å². The summed E-state index contributed by atoms with van der Waals surface area (Å²) in [5, 5.41) is 0. The van der Waals surface area contributed by atoms with E-state index in [1.54, 1.807) is 6.07 Å². The minimum absolute atomic E-state index is 0.00948. The maximum Gasteiger partial charge on any atom is 0.230 e. The summed E-state index contributed by atoms with van der Waals surface area (Å²) in [6, 6.07) is 4.51. The van der Waals surface area contributed by atoms with Gasteiger partial charge < -0.3 is 14.9 Å². The molecular formula is C13H11F2NO3. The zero-order valence-electron chi connectivity index (χ0n) is 10.1. The molecule has 0 radical (unpaired) electrons. The van der Waals surface area contributed by atoms with Crippen molar-refractivity contribution in [3.63, 3.8) is 0 Å². The molecule has 100 valence electrons. The van der Waals surface area contributed by atoms with E-state index in [1.807, 2.05) is 0 Å². The fourth-order valence-corrected chi connectivity index (χ4v) is 1.61. The number of hydrogen-bond donors (Lipinski definition) is 1. The Morgan fingerprint density at radius 1 is 1.32 bits per heavy atom. The largest absolute Gasteiger partial charge is 0.455 e. The van der Waals surface area contributed by atoms with Gasteiger partial charge in [-0.25, -0.2) is 8.78 Å². The second kappa shape index (κ2) is 5.19. The van der Waals surface area contributed by atoms with Crippen molar-refractivity contribution in [3.8, 4) is 0 Å². The second-order valence-electron chi connectivity index (χ2n) is 3.88. The molecule has 2 aromatic rings. The molecule has 6 heteroatoms. The van der Waals surface area contributed by atoms with Gasteiger partial charge in [-0.2, -0.15) is 0 Å². The predicted octanol–water partition coefficient (Wildman–Crippen LogP) is 2.52. The highest BCUT2D eigenvalue weighted by molar-refractivity contribution is 6.10. The van der Waals surface area contributed by atoms with Crippen LogP contribution < -0.4 is 5.73 Å². The molecule has 0 saturated heterocycles. The first-order valence-electron chi connectivity index (χ1n) is 5.39. The SMILES string of the molecule is COCc1ccc(C(=O)c2cc(F)c(F)cc2N)o1. The smallest absolute Gasteiger partial charge is 0.230 e. The lowest BCUT2D eigenvalue weighted by molar-refractivity contribution is 0.1000. The molecule has 0 unspecified atom stereocenters. The van der Waals surface area contributed by atoms with Gasteiger partial charge in [-0.05, 0) is 18.2 Å². The zero-order valence-corrected chi connectivity index (χ0v) is 10.1. The zero-order chi connectivity index (χ0) is 14.0. The van der Waals surface area contributed by atoms with Crippen LogP contribution in [0.4, 0.5) is 14.5 Å². The maximum absolute atomic E-state index is 13.1. The number of nitrogens with two attached hydrogens (primary N) is 1. The molecule has 19 heavy (non-hydrogen) atoms. The van der Waals surface area contributed by atoms with Gasteiger partial charge >= 0.3 is 0 Å². The van der Waals surface area contributed by atoms with Gasteiger partial charge in [-0.3, -0.25) is 4.79 Å². The Labute approximate surface area is 107 Å². The van der Waals surface area contributed by atoms with Crippen molar-refractivity contribution in [2.75, 3.05) is 12.8 Å². The van der Waals surface area contributed by atoms with Crippen LogP contribution in [-0.2, 0) is 11.3 Å². The summed E-state index contributed by atoms with van der Waals surface area (Å²) in [6.45, 7) is 0.209. The minimum Gasteiger partial charge on any atom is -0.455 e. The Bertz CT molecular complexity index is 622. The molecule has 0 aliphatic heterocycles. The number of nitrogen functional groups attached to an aromatic ring is 1. The quantitative estimate of drug-likeness (QED) is 0.682. The molecule has 1 aromatic carbocycles. The van der Waals surface area contributed by atoms with Gasteiger partial charge in [0.15, 0.2) is 17.4 Å². The fourth-order valence-electron chi connectivity index (χ4n) is 1.61. The monoisotopic (exact) mass is 267 g/mol. The van der Waals surface area contributed by atoms with Gasteiger partial charge in [-0.1, -0.05) is 0 Å². The third kappa shape index (κ3) is 2.63. The van der Waals surface area contributed by atoms with Gasteiger partial charge in [0.25, 0.3) is 0 Å². The van der Waals surface area contributed by atoms with Gasteiger partial charge in [0.1, 0.15) is 12.4 Å². The maximum atomic E-state index is 13.1. The van der Waals surface area contributed by atoms with E-state index < -0.39 is 17.4 Å². The van der Waals surface area contributed by atoms with Crippen molar-refractivity contribution in [1.29, 1.82) is 0 Å². The number of anilines is 1. The fraction of sp³-hybridized carbons (Fsp3) is 0.154. The molecule has 0 saturated carbocycles. The van der Waals surface area contributed by atoms with Gasteiger partial charge in [0, 0.05) is 18.9 Å². The predicted molar refractivity (Wildman–Crippen MR) is 63.6 cm³/mol. The van der Waals surface area contributed by atoms with Gasteiger partial charge in [-0.15, -0.1) is 0 Å². The highest BCUT2D eigenvalue weighted by atomic mass is 19.2. The molecular weight excluding hydrogens is 256 g/mol. The average Bonchev–Trinajstić information content (AvgIpc) is 2.82. The standard InChI is InChI=1S/C13H11F2NO3/c1-18-6-7-2-3-12(19-7)13(17)8-4-9(14)10(15)5-11(8)16/h2-5H,6,16H2,1H3. The molecule has 0 fully saturated rings. The molecule has 4 nitrogen and oxygen atoms in total. The third-order valence-electron chi connectivity index (χ3n) is 2.51. The highest BCUT2D eigenvalue weighted by Gasteiger charge is 2.19. The number of furan rings is 1. The first-order chi connectivity index (χ1) is 9.02. The Hall–Kier alpha value is -2.21. The van der Waals surface area contributed by atoms with E-state index >= 15 is 0 Å². The lowest BCUT2D eigenvalue weighted by atomic mass is 10.1. The van der Waals surface area contributed by atoms with Crippen LogP contribution in [-0.4, -0.2) is 12.9 Å². The normalized spacial score (nSPS) is 10.7. The van der Waals surface area contributed by atoms with Crippen LogP contribution in [0.25, 0.3) is 0 Å². The van der Waals surface area contributed by atoms with Crippen molar-refractivity contribution in [1.82, 2.24) is 0 Å². The molecule has 2 rings (SSSR count). The summed E-state index contributed by atoms with van der Waals surface area (Å²) < 4.78 is 36.1. The molecule has 0 atom stereocenters. The molecule has 1 aromatic heterocycles. The molecule has 0 bridgehead atoms. The molecule has 0 aliphatic carbocycles. The molecule has 1 heterocycles. The van der Waals surface area contributed by atoms with Crippen LogP contribution in [0.15, 0.2) is 28.7 Å². The lowest BCUT2D eigenvalue weighted by Crippen LogP contribution is -2.06. The van der Waals surface area contributed by atoms with Crippen LogP contribution in [0.2, 0.25) is 0 Å². The number of benzene rings is 1. The van der Waals surface area contributed by atoms with E-state index in [4.69, 9.17) is 14.9 Å². The number of rotatable bonds is 4. The second-order valence-corrected chi connectivity index (χ2v) is 3.88. The van der Waals surface area contributed by atoms with Crippen LogP contribution in [0, 0.1) is 11.6 Å². The van der Waals surface area contributed by atoms with Crippen LogP contribution in [0.3, 0.4) is 0 Å². The number of carbonyl (C=O) groups is 1. The number of ether oxygens (including phenoxy) is 1. The number of carbonyl (C=O) groups excluding carboxylic acids is 1. The lowest BCUT2D eigenvalue weighted by Gasteiger charge is -2.04. The van der Waals surface area contributed by atoms with Crippen molar-refractivity contribution >= 4 is 11.5 Å². The van der Waals surface area contributed by atoms with E-state index in [-0.39, 0.29) is 23.6 Å². The molecule has 0 spiro atoms. The Morgan fingerprint density at radius 2 is 2.00 bits per heavy atom. The first kappa shape index (κ1) is 13.2. The van der Waals surface area contributed by atoms with Crippen molar-refractivity contribution < 1.29 is 22.7 Å². The molecule has 0 amide bonds. The van der Waals surface area contributed by atoms with Gasteiger partial charge in [0.05, 0.1) is 5.56 Å². The highest BCUT2D eigenvalue weighted by Crippen LogP contribution is 2.21. The molecule has 2 N–H and O–H groups in total. The van der Waals surface area contributed by atoms with Crippen LogP contribution in [0.1, 0.15) is 21.9 Å². The van der Waals surface area contributed by atoms with Crippen molar-refractivity contribution in [2.45, 2.75) is 6.61 Å².